The molecule has 1 aliphatic rings. The van der Waals surface area contributed by atoms with Crippen LogP contribution < -0.4 is 4.74 Å². The molecular formula is C31H24ClF2N3O4. The van der Waals surface area contributed by atoms with Gasteiger partial charge in [0.15, 0.2) is 0 Å². The maximum absolute atomic E-state index is 15.4. The smallest absolute Gasteiger partial charge is 0.335 e. The average molecular weight is 576 g/mol. The number of aromatic carboxylic acids is 1. The number of ether oxygens (including phenoxy) is 2. The van der Waals surface area contributed by atoms with Crippen molar-refractivity contribution >= 4 is 28.6 Å². The first-order chi connectivity index (χ1) is 19.8. The molecule has 0 bridgehead atoms. The van der Waals surface area contributed by atoms with Crippen molar-refractivity contribution in [1.29, 1.82) is 0 Å². The van der Waals surface area contributed by atoms with Crippen LogP contribution in [-0.2, 0) is 24.3 Å². The van der Waals surface area contributed by atoms with Gasteiger partial charge in [-0.25, -0.2) is 23.5 Å². The van der Waals surface area contributed by atoms with Gasteiger partial charge in [0.2, 0.25) is 5.88 Å². The minimum Gasteiger partial charge on any atom is -0.478 e. The normalized spacial score (nSPS) is 14.7. The number of nitrogens with zero attached hydrogens (tertiary/aromatic N) is 3. The number of hydrogen-bond acceptors (Lipinski definition) is 5. The molecular weight excluding hydrogens is 552 g/mol. The molecule has 6 rings (SSSR count). The second-order valence-electron chi connectivity index (χ2n) is 9.80. The molecule has 0 amide bonds. The molecule has 0 saturated carbocycles. The number of imidazole rings is 1. The monoisotopic (exact) mass is 575 g/mol. The molecule has 1 N–H and O–H groups in total. The lowest BCUT2D eigenvalue weighted by molar-refractivity contribution is -0.0589. The molecule has 10 heteroatoms. The molecule has 0 radical (unpaired) electrons. The number of hydrogen-bond donors (Lipinski definition) is 1. The minimum absolute atomic E-state index is 0.00334. The van der Waals surface area contributed by atoms with Gasteiger partial charge >= 0.3 is 5.97 Å². The first kappa shape index (κ1) is 26.9. The first-order valence-electron chi connectivity index (χ1n) is 13.0. The summed E-state index contributed by atoms with van der Waals surface area (Å²) in [6.07, 6.45) is 1.10. The Bertz CT molecular complexity index is 1770. The summed E-state index contributed by atoms with van der Waals surface area (Å²) in [5.74, 6) is -1.03. The Labute approximate surface area is 239 Å². The number of carboxylic acids is 1. The third-order valence-electron chi connectivity index (χ3n) is 7.07. The van der Waals surface area contributed by atoms with Crippen molar-refractivity contribution < 1.29 is 28.2 Å². The van der Waals surface area contributed by atoms with Gasteiger partial charge in [0.25, 0.3) is 0 Å². The second kappa shape index (κ2) is 11.3. The fourth-order valence-corrected chi connectivity index (χ4v) is 4.90. The Kier molecular flexibility index (Phi) is 7.38. The third kappa shape index (κ3) is 5.77. The number of benzene rings is 3. The lowest BCUT2D eigenvalue weighted by Crippen LogP contribution is -2.31. The summed E-state index contributed by atoms with van der Waals surface area (Å²) >= 11 is 5.81. The number of fused-ring (bicyclic) bond motifs is 1. The highest BCUT2D eigenvalue weighted by Crippen LogP contribution is 2.27. The van der Waals surface area contributed by atoms with Gasteiger partial charge in [0.1, 0.15) is 24.1 Å². The van der Waals surface area contributed by atoms with E-state index in [1.807, 2.05) is 4.57 Å². The summed E-state index contributed by atoms with van der Waals surface area (Å²) in [6.45, 7) is 1.15. The fourth-order valence-electron chi connectivity index (χ4n) is 4.74. The van der Waals surface area contributed by atoms with Crippen molar-refractivity contribution in [2.75, 3.05) is 6.61 Å². The number of carbonyl (C=O) groups is 1. The van der Waals surface area contributed by atoms with E-state index in [-0.39, 0.29) is 30.6 Å². The Morgan fingerprint density at radius 1 is 1.02 bits per heavy atom. The zero-order chi connectivity index (χ0) is 28.5. The molecule has 2 aromatic heterocycles. The minimum atomic E-state index is -1.03. The molecule has 0 unspecified atom stereocenters. The van der Waals surface area contributed by atoms with Gasteiger partial charge < -0.3 is 19.1 Å². The van der Waals surface area contributed by atoms with Crippen molar-refractivity contribution in [3.05, 3.63) is 112 Å². The SMILES string of the molecule is O=C(O)c1ccc2nc(Cc3ccc(-c4cccc(OCc5ccc(Cl)cc5F)n4)cc3F)n(C[C@@H]3CCO3)c2c1. The molecule has 41 heavy (non-hydrogen) atoms. The molecule has 3 heterocycles. The van der Waals surface area contributed by atoms with Crippen LogP contribution in [0.1, 0.15) is 33.7 Å². The van der Waals surface area contributed by atoms with Gasteiger partial charge in [0, 0.05) is 35.2 Å². The van der Waals surface area contributed by atoms with Gasteiger partial charge in [-0.2, -0.15) is 0 Å². The summed E-state index contributed by atoms with van der Waals surface area (Å²) in [7, 11) is 0. The van der Waals surface area contributed by atoms with Crippen LogP contribution in [-0.4, -0.2) is 38.3 Å². The lowest BCUT2D eigenvalue weighted by Gasteiger charge is -2.27. The van der Waals surface area contributed by atoms with E-state index in [0.717, 1.165) is 6.42 Å². The maximum atomic E-state index is 15.4. The van der Waals surface area contributed by atoms with Gasteiger partial charge in [0.05, 0.1) is 34.9 Å². The van der Waals surface area contributed by atoms with Gasteiger partial charge in [-0.05, 0) is 54.4 Å². The van der Waals surface area contributed by atoms with Crippen LogP contribution in [0.2, 0.25) is 5.02 Å². The Hall–Kier alpha value is -4.34. The topological polar surface area (TPSA) is 86.5 Å². The summed E-state index contributed by atoms with van der Waals surface area (Å²) < 4.78 is 42.7. The van der Waals surface area contributed by atoms with Crippen molar-refractivity contribution in [2.45, 2.75) is 32.1 Å². The summed E-state index contributed by atoms with van der Waals surface area (Å²) in [5.41, 5.74) is 3.30. The Balaban J connectivity index is 1.24. The molecule has 1 atom stereocenters. The van der Waals surface area contributed by atoms with Crippen molar-refractivity contribution in [3.8, 4) is 17.1 Å². The highest BCUT2D eigenvalue weighted by atomic mass is 35.5. The van der Waals surface area contributed by atoms with E-state index in [1.54, 1.807) is 54.6 Å². The molecule has 1 aliphatic heterocycles. The number of halogens is 3. The standard InChI is InChI=1S/C31H24ClF2N3O4/c32-22-8-6-21(25(34)15-22)17-41-30-3-1-2-26(36-30)19-5-4-18(24(33)12-19)14-29-35-27-9-7-20(31(38)39)13-28(27)37(29)16-23-10-11-40-23/h1-9,12-13,15,23H,10-11,14,16-17H2,(H,38,39)/t23-/m0/s1. The molecule has 0 aliphatic carbocycles. The predicted octanol–water partition coefficient (Wildman–Crippen LogP) is 6.69. The Morgan fingerprint density at radius 3 is 2.56 bits per heavy atom. The molecule has 7 nitrogen and oxygen atoms in total. The number of rotatable bonds is 9. The molecule has 1 saturated heterocycles. The van der Waals surface area contributed by atoms with E-state index in [9.17, 15) is 14.3 Å². The first-order valence-corrected chi connectivity index (χ1v) is 13.4. The van der Waals surface area contributed by atoms with Crippen LogP contribution in [0.4, 0.5) is 8.78 Å². The molecule has 5 aromatic rings. The highest BCUT2D eigenvalue weighted by Gasteiger charge is 2.23. The highest BCUT2D eigenvalue weighted by molar-refractivity contribution is 6.30. The van der Waals surface area contributed by atoms with Gasteiger partial charge in [-0.1, -0.05) is 35.9 Å². The summed E-state index contributed by atoms with van der Waals surface area (Å²) in [6, 6.07) is 19.1. The molecule has 3 aromatic carbocycles. The molecule has 0 spiro atoms. The largest absolute Gasteiger partial charge is 0.478 e. The van der Waals surface area contributed by atoms with Crippen LogP contribution in [0.25, 0.3) is 22.3 Å². The van der Waals surface area contributed by atoms with E-state index in [4.69, 9.17) is 26.1 Å². The van der Waals surface area contributed by atoms with E-state index < -0.39 is 17.6 Å². The fraction of sp³-hybridized carbons (Fsp3) is 0.194. The van der Waals surface area contributed by atoms with E-state index in [0.29, 0.717) is 57.4 Å². The van der Waals surface area contributed by atoms with Crippen LogP contribution in [0.5, 0.6) is 5.88 Å². The van der Waals surface area contributed by atoms with Gasteiger partial charge in [-0.15, -0.1) is 0 Å². The summed E-state index contributed by atoms with van der Waals surface area (Å²) in [5, 5.41) is 9.76. The van der Waals surface area contributed by atoms with E-state index >= 15 is 4.39 Å². The number of pyridine rings is 1. The average Bonchev–Trinajstić information content (AvgIpc) is 3.27. The molecule has 208 valence electrons. The van der Waals surface area contributed by atoms with E-state index in [2.05, 4.69) is 4.98 Å². The van der Waals surface area contributed by atoms with Crippen LogP contribution in [0.15, 0.2) is 72.8 Å². The second-order valence-corrected chi connectivity index (χ2v) is 10.2. The summed E-state index contributed by atoms with van der Waals surface area (Å²) in [4.78, 5) is 20.7. The van der Waals surface area contributed by atoms with Crippen LogP contribution in [0, 0.1) is 11.6 Å². The zero-order valence-corrected chi connectivity index (χ0v) is 22.4. The maximum Gasteiger partial charge on any atom is 0.335 e. The van der Waals surface area contributed by atoms with E-state index in [1.165, 1.54) is 18.2 Å². The number of aromatic nitrogens is 3. The zero-order valence-electron chi connectivity index (χ0n) is 21.7. The van der Waals surface area contributed by atoms with Crippen LogP contribution in [0.3, 0.4) is 0 Å². The van der Waals surface area contributed by atoms with Crippen molar-refractivity contribution in [1.82, 2.24) is 14.5 Å². The third-order valence-corrected chi connectivity index (χ3v) is 7.30. The van der Waals surface area contributed by atoms with Crippen molar-refractivity contribution in [2.24, 2.45) is 0 Å². The molecule has 1 fully saturated rings. The van der Waals surface area contributed by atoms with Crippen molar-refractivity contribution in [3.63, 3.8) is 0 Å². The predicted molar refractivity (Wildman–Crippen MR) is 149 cm³/mol. The van der Waals surface area contributed by atoms with Crippen LogP contribution >= 0.6 is 11.6 Å². The Morgan fingerprint density at radius 2 is 1.83 bits per heavy atom. The van der Waals surface area contributed by atoms with Gasteiger partial charge in [-0.3, -0.25) is 0 Å². The number of carboxylic acid groups (broad SMARTS) is 1. The quantitative estimate of drug-likeness (QED) is 0.211. The lowest BCUT2D eigenvalue weighted by atomic mass is 10.1.